The molecular weight excluding hydrogens is 314 g/mol. The first kappa shape index (κ1) is 16.3. The highest BCUT2D eigenvalue weighted by Gasteiger charge is 2.37. The maximum Gasteiger partial charge on any atom is 0.243 e. The van der Waals surface area contributed by atoms with E-state index in [0.717, 1.165) is 5.39 Å². The van der Waals surface area contributed by atoms with Crippen molar-refractivity contribution in [2.24, 2.45) is 5.73 Å². The Morgan fingerprint density at radius 2 is 2.04 bits per heavy atom. The first-order chi connectivity index (χ1) is 11.0. The van der Waals surface area contributed by atoms with Crippen LogP contribution in [0.4, 0.5) is 0 Å². The summed E-state index contributed by atoms with van der Waals surface area (Å²) in [6, 6.07) is 7.33. The standard InChI is InChI=1S/C16H21N3O3S/c1-12-4-5-13-3-2-8-18-14(13)15(12)23(20,21)19-16(11-17)6-9-22-10-7-16/h2-5,8,19H,6-7,9-11,17H2,1H3. The van der Waals surface area contributed by atoms with Crippen LogP contribution in [0.2, 0.25) is 0 Å². The lowest BCUT2D eigenvalue weighted by Gasteiger charge is -2.36. The number of hydrogen-bond acceptors (Lipinski definition) is 5. The second kappa shape index (κ2) is 6.16. The minimum Gasteiger partial charge on any atom is -0.381 e. The molecule has 1 aliphatic rings. The molecule has 0 atom stereocenters. The molecule has 1 aromatic carbocycles. The number of fused-ring (bicyclic) bond motifs is 1. The van der Waals surface area contributed by atoms with Gasteiger partial charge in [-0.25, -0.2) is 13.1 Å². The molecule has 0 aliphatic carbocycles. The SMILES string of the molecule is Cc1ccc2cccnc2c1S(=O)(=O)NC1(CN)CCOCC1. The van der Waals surface area contributed by atoms with Crippen LogP contribution in [0.15, 0.2) is 35.4 Å². The van der Waals surface area contributed by atoms with Crippen molar-refractivity contribution in [1.29, 1.82) is 0 Å². The lowest BCUT2D eigenvalue weighted by Crippen LogP contribution is -2.56. The number of rotatable bonds is 4. The number of ether oxygens (including phenoxy) is 1. The van der Waals surface area contributed by atoms with E-state index < -0.39 is 15.6 Å². The summed E-state index contributed by atoms with van der Waals surface area (Å²) < 4.78 is 34.3. The first-order valence-corrected chi connectivity index (χ1v) is 9.12. The number of nitrogens with one attached hydrogen (secondary N) is 1. The number of pyridine rings is 1. The zero-order valence-electron chi connectivity index (χ0n) is 13.1. The van der Waals surface area contributed by atoms with E-state index in [-0.39, 0.29) is 11.4 Å². The fraction of sp³-hybridized carbons (Fsp3) is 0.438. The Morgan fingerprint density at radius 1 is 1.30 bits per heavy atom. The van der Waals surface area contributed by atoms with Gasteiger partial charge in [0.15, 0.2) is 0 Å². The van der Waals surface area contributed by atoms with Crippen molar-refractivity contribution in [1.82, 2.24) is 9.71 Å². The van der Waals surface area contributed by atoms with Crippen molar-refractivity contribution in [3.8, 4) is 0 Å². The number of sulfonamides is 1. The number of nitrogens with two attached hydrogens (primary N) is 1. The van der Waals surface area contributed by atoms with E-state index in [0.29, 0.717) is 37.1 Å². The van der Waals surface area contributed by atoms with Gasteiger partial charge in [0.05, 0.1) is 5.52 Å². The van der Waals surface area contributed by atoms with Crippen LogP contribution in [0.5, 0.6) is 0 Å². The van der Waals surface area contributed by atoms with E-state index in [1.807, 2.05) is 12.1 Å². The minimum atomic E-state index is -3.74. The normalized spacial score (nSPS) is 18.2. The van der Waals surface area contributed by atoms with Crippen LogP contribution in [0.1, 0.15) is 18.4 Å². The van der Waals surface area contributed by atoms with Crippen molar-refractivity contribution in [2.45, 2.75) is 30.2 Å². The van der Waals surface area contributed by atoms with Crippen molar-refractivity contribution in [3.05, 3.63) is 36.0 Å². The average Bonchev–Trinajstić information content (AvgIpc) is 2.54. The molecular formula is C16H21N3O3S. The van der Waals surface area contributed by atoms with Gasteiger partial charge >= 0.3 is 0 Å². The van der Waals surface area contributed by atoms with Crippen LogP contribution in [0.25, 0.3) is 10.9 Å². The molecule has 23 heavy (non-hydrogen) atoms. The molecule has 0 saturated carbocycles. The van der Waals surface area contributed by atoms with Crippen molar-refractivity contribution >= 4 is 20.9 Å². The zero-order chi connectivity index (χ0) is 16.5. The van der Waals surface area contributed by atoms with Gasteiger partial charge in [0, 0.05) is 36.9 Å². The Balaban J connectivity index is 2.08. The van der Waals surface area contributed by atoms with E-state index in [2.05, 4.69) is 9.71 Å². The number of nitrogens with zero attached hydrogens (tertiary/aromatic N) is 1. The van der Waals surface area contributed by atoms with Crippen LogP contribution >= 0.6 is 0 Å². The molecule has 7 heteroatoms. The molecule has 6 nitrogen and oxygen atoms in total. The highest BCUT2D eigenvalue weighted by atomic mass is 32.2. The van der Waals surface area contributed by atoms with Gasteiger partial charge in [-0.2, -0.15) is 0 Å². The summed E-state index contributed by atoms with van der Waals surface area (Å²) in [5, 5.41) is 0.798. The summed E-state index contributed by atoms with van der Waals surface area (Å²) in [5.74, 6) is 0. The van der Waals surface area contributed by atoms with Gasteiger partial charge in [0.1, 0.15) is 4.90 Å². The third-order valence-electron chi connectivity index (χ3n) is 4.39. The third-order valence-corrected chi connectivity index (χ3v) is 6.14. The van der Waals surface area contributed by atoms with E-state index in [1.54, 1.807) is 25.3 Å². The molecule has 1 saturated heterocycles. The molecule has 1 aromatic heterocycles. The molecule has 1 fully saturated rings. The highest BCUT2D eigenvalue weighted by molar-refractivity contribution is 7.89. The van der Waals surface area contributed by atoms with E-state index in [1.165, 1.54) is 0 Å². The Hall–Kier alpha value is -1.54. The molecule has 0 spiro atoms. The fourth-order valence-corrected chi connectivity index (χ4v) is 4.88. The zero-order valence-corrected chi connectivity index (χ0v) is 13.9. The van der Waals surface area contributed by atoms with Gasteiger partial charge < -0.3 is 10.5 Å². The number of aromatic nitrogens is 1. The molecule has 0 unspecified atom stereocenters. The maximum absolute atomic E-state index is 13.1. The van der Waals surface area contributed by atoms with E-state index in [4.69, 9.17) is 10.5 Å². The van der Waals surface area contributed by atoms with E-state index in [9.17, 15) is 8.42 Å². The highest BCUT2D eigenvalue weighted by Crippen LogP contribution is 2.28. The van der Waals surface area contributed by atoms with Gasteiger partial charge in [0.2, 0.25) is 10.0 Å². The Kier molecular flexibility index (Phi) is 4.37. The maximum atomic E-state index is 13.1. The molecule has 2 heterocycles. The predicted octanol–water partition coefficient (Wildman–Crippen LogP) is 1.33. The summed E-state index contributed by atoms with van der Waals surface area (Å²) in [6.45, 7) is 3.04. The summed E-state index contributed by atoms with van der Waals surface area (Å²) in [5.41, 5.74) is 6.38. The predicted molar refractivity (Wildman–Crippen MR) is 88.6 cm³/mol. The Morgan fingerprint density at radius 3 is 2.74 bits per heavy atom. The third kappa shape index (κ3) is 3.10. The van der Waals surface area contributed by atoms with Crippen LogP contribution in [-0.4, -0.2) is 38.7 Å². The molecule has 2 aromatic rings. The van der Waals surface area contributed by atoms with Crippen LogP contribution in [0, 0.1) is 6.92 Å². The molecule has 3 N–H and O–H groups in total. The number of aryl methyl sites for hydroxylation is 1. The average molecular weight is 335 g/mol. The molecule has 124 valence electrons. The molecule has 0 amide bonds. The smallest absolute Gasteiger partial charge is 0.243 e. The first-order valence-electron chi connectivity index (χ1n) is 7.64. The van der Waals surface area contributed by atoms with Gasteiger partial charge in [-0.1, -0.05) is 18.2 Å². The van der Waals surface area contributed by atoms with Crippen molar-refractivity contribution in [2.75, 3.05) is 19.8 Å². The largest absolute Gasteiger partial charge is 0.381 e. The second-order valence-corrected chi connectivity index (χ2v) is 7.61. The Bertz CT molecular complexity index is 814. The molecule has 0 bridgehead atoms. The van der Waals surface area contributed by atoms with Gasteiger partial charge in [-0.3, -0.25) is 4.98 Å². The number of hydrogen-bond donors (Lipinski definition) is 2. The number of benzene rings is 1. The summed E-state index contributed by atoms with van der Waals surface area (Å²) >= 11 is 0. The Labute approximate surface area is 136 Å². The molecule has 0 radical (unpaired) electrons. The van der Waals surface area contributed by atoms with Crippen LogP contribution in [0.3, 0.4) is 0 Å². The van der Waals surface area contributed by atoms with Gasteiger partial charge in [0.25, 0.3) is 0 Å². The van der Waals surface area contributed by atoms with Crippen LogP contribution < -0.4 is 10.5 Å². The topological polar surface area (TPSA) is 94.3 Å². The fourth-order valence-electron chi connectivity index (χ4n) is 3.00. The summed E-state index contributed by atoms with van der Waals surface area (Å²) in [4.78, 5) is 4.51. The molecule has 3 rings (SSSR count). The van der Waals surface area contributed by atoms with Crippen molar-refractivity contribution in [3.63, 3.8) is 0 Å². The summed E-state index contributed by atoms with van der Waals surface area (Å²) in [7, 11) is -3.74. The van der Waals surface area contributed by atoms with Crippen LogP contribution in [-0.2, 0) is 14.8 Å². The van der Waals surface area contributed by atoms with Gasteiger partial charge in [-0.05, 0) is 31.4 Å². The van der Waals surface area contributed by atoms with E-state index >= 15 is 0 Å². The second-order valence-electron chi connectivity index (χ2n) is 5.99. The monoisotopic (exact) mass is 335 g/mol. The lowest BCUT2D eigenvalue weighted by molar-refractivity contribution is 0.0502. The lowest BCUT2D eigenvalue weighted by atomic mass is 9.92. The molecule has 1 aliphatic heterocycles. The summed E-state index contributed by atoms with van der Waals surface area (Å²) in [6.07, 6.45) is 2.74. The quantitative estimate of drug-likeness (QED) is 0.879. The minimum absolute atomic E-state index is 0.231. The van der Waals surface area contributed by atoms with Gasteiger partial charge in [-0.15, -0.1) is 0 Å². The van der Waals surface area contributed by atoms with Crippen molar-refractivity contribution < 1.29 is 13.2 Å².